The van der Waals surface area contributed by atoms with Gasteiger partial charge in [-0.3, -0.25) is 0 Å². The molecule has 0 fully saturated rings. The second-order valence-electron chi connectivity index (χ2n) is 4.34. The van der Waals surface area contributed by atoms with Crippen molar-refractivity contribution < 1.29 is 9.26 Å². The van der Waals surface area contributed by atoms with Gasteiger partial charge >= 0.3 is 0 Å². The van der Waals surface area contributed by atoms with Crippen molar-refractivity contribution in [2.75, 3.05) is 12.3 Å². The van der Waals surface area contributed by atoms with Crippen LogP contribution in [-0.2, 0) is 4.74 Å². The third-order valence-corrected chi connectivity index (χ3v) is 2.84. The van der Waals surface area contributed by atoms with Crippen molar-refractivity contribution in [2.45, 2.75) is 26.4 Å². The van der Waals surface area contributed by atoms with Gasteiger partial charge in [-0.25, -0.2) is 0 Å². The highest BCUT2D eigenvalue weighted by Gasteiger charge is 2.15. The fourth-order valence-corrected chi connectivity index (χ4v) is 1.80. The van der Waals surface area contributed by atoms with Gasteiger partial charge in [0.1, 0.15) is 6.10 Å². The number of anilines is 1. The number of rotatable bonds is 6. The van der Waals surface area contributed by atoms with Crippen molar-refractivity contribution >= 4 is 17.8 Å². The fourth-order valence-electron chi connectivity index (χ4n) is 1.80. The summed E-state index contributed by atoms with van der Waals surface area (Å²) in [6.45, 7) is 4.61. The van der Waals surface area contributed by atoms with Gasteiger partial charge in [-0.1, -0.05) is 24.2 Å². The van der Waals surface area contributed by atoms with Crippen LogP contribution in [0.3, 0.4) is 0 Å². The van der Waals surface area contributed by atoms with Crippen molar-refractivity contribution in [2.24, 2.45) is 0 Å². The summed E-state index contributed by atoms with van der Waals surface area (Å²) in [7, 11) is 0. The number of aromatic nitrogens is 2. The average molecular weight is 273 g/mol. The van der Waals surface area contributed by atoms with Crippen LogP contribution in [0.25, 0.3) is 12.2 Å². The van der Waals surface area contributed by atoms with E-state index in [2.05, 4.69) is 10.1 Å². The molecule has 20 heavy (non-hydrogen) atoms. The summed E-state index contributed by atoms with van der Waals surface area (Å²) < 4.78 is 10.7. The Kier molecular flexibility index (Phi) is 4.90. The molecule has 1 atom stereocenters. The van der Waals surface area contributed by atoms with Crippen LogP contribution in [0.1, 0.15) is 43.7 Å². The molecule has 0 radical (unpaired) electrons. The van der Waals surface area contributed by atoms with Crippen LogP contribution >= 0.6 is 0 Å². The van der Waals surface area contributed by atoms with Gasteiger partial charge in [0.15, 0.2) is 0 Å². The van der Waals surface area contributed by atoms with Crippen molar-refractivity contribution in [1.82, 2.24) is 10.1 Å². The second-order valence-corrected chi connectivity index (χ2v) is 4.34. The van der Waals surface area contributed by atoms with Crippen molar-refractivity contribution in [1.29, 1.82) is 0 Å². The highest BCUT2D eigenvalue weighted by Crippen LogP contribution is 2.18. The van der Waals surface area contributed by atoms with E-state index in [1.807, 2.05) is 44.2 Å². The van der Waals surface area contributed by atoms with Gasteiger partial charge in [-0.15, -0.1) is 0 Å². The largest absolute Gasteiger partial charge is 0.399 e. The van der Waals surface area contributed by atoms with E-state index in [9.17, 15) is 0 Å². The summed E-state index contributed by atoms with van der Waals surface area (Å²) in [6.07, 6.45) is 4.38. The Morgan fingerprint density at radius 3 is 2.65 bits per heavy atom. The molecule has 2 rings (SSSR count). The van der Waals surface area contributed by atoms with Gasteiger partial charge in [-0.2, -0.15) is 4.98 Å². The molecular weight excluding hydrogens is 254 g/mol. The van der Waals surface area contributed by atoms with E-state index in [1.54, 1.807) is 6.08 Å². The number of ether oxygens (including phenoxy) is 1. The predicted molar refractivity (Wildman–Crippen MR) is 78.7 cm³/mol. The number of nitrogens with two attached hydrogens (primary N) is 1. The van der Waals surface area contributed by atoms with Gasteiger partial charge in [0.25, 0.3) is 5.89 Å². The summed E-state index contributed by atoms with van der Waals surface area (Å²) in [5, 5.41) is 3.95. The zero-order valence-corrected chi connectivity index (χ0v) is 11.7. The van der Waals surface area contributed by atoms with E-state index in [-0.39, 0.29) is 6.10 Å². The summed E-state index contributed by atoms with van der Waals surface area (Å²) in [6, 6.07) is 7.55. The first kappa shape index (κ1) is 14.3. The lowest BCUT2D eigenvalue weighted by Gasteiger charge is -2.09. The quantitative estimate of drug-likeness (QED) is 0.817. The highest BCUT2D eigenvalue weighted by atomic mass is 16.5. The minimum atomic E-state index is -0.109. The topological polar surface area (TPSA) is 74.2 Å². The van der Waals surface area contributed by atoms with Crippen molar-refractivity contribution in [3.63, 3.8) is 0 Å². The average Bonchev–Trinajstić information content (AvgIpc) is 2.93. The molecule has 1 unspecified atom stereocenters. The SMILES string of the molecule is CCOC(CC)c1noc(/C=C/c2ccc(N)cc2)n1. The number of hydrogen-bond acceptors (Lipinski definition) is 5. The Hall–Kier alpha value is -2.14. The van der Waals surface area contributed by atoms with Crippen LogP contribution in [0.2, 0.25) is 0 Å². The minimum Gasteiger partial charge on any atom is -0.399 e. The Morgan fingerprint density at radius 1 is 1.25 bits per heavy atom. The van der Waals surface area contributed by atoms with Crippen LogP contribution in [0.5, 0.6) is 0 Å². The van der Waals surface area contributed by atoms with E-state index in [1.165, 1.54) is 0 Å². The molecular formula is C15H19N3O2. The van der Waals surface area contributed by atoms with Crippen LogP contribution < -0.4 is 5.73 Å². The molecule has 0 aliphatic heterocycles. The molecule has 1 aromatic carbocycles. The monoisotopic (exact) mass is 273 g/mol. The summed E-state index contributed by atoms with van der Waals surface area (Å²) in [4.78, 5) is 4.32. The van der Waals surface area contributed by atoms with E-state index in [0.29, 0.717) is 18.3 Å². The van der Waals surface area contributed by atoms with Crippen LogP contribution in [0.15, 0.2) is 28.8 Å². The first-order valence-electron chi connectivity index (χ1n) is 6.71. The second kappa shape index (κ2) is 6.86. The number of nitrogens with zero attached hydrogens (tertiary/aromatic N) is 2. The van der Waals surface area contributed by atoms with E-state index in [0.717, 1.165) is 17.7 Å². The molecule has 5 nitrogen and oxygen atoms in total. The van der Waals surface area contributed by atoms with Gasteiger partial charge in [0, 0.05) is 18.4 Å². The van der Waals surface area contributed by atoms with Gasteiger partial charge in [-0.05, 0) is 37.1 Å². The van der Waals surface area contributed by atoms with Crippen molar-refractivity contribution in [3.8, 4) is 0 Å². The fraction of sp³-hybridized carbons (Fsp3) is 0.333. The lowest BCUT2D eigenvalue weighted by atomic mass is 10.2. The molecule has 1 aromatic heterocycles. The van der Waals surface area contributed by atoms with Gasteiger partial charge < -0.3 is 15.0 Å². The number of benzene rings is 1. The molecule has 5 heteroatoms. The highest BCUT2D eigenvalue weighted by molar-refractivity contribution is 5.66. The van der Waals surface area contributed by atoms with Gasteiger partial charge in [0.2, 0.25) is 5.82 Å². The Bertz CT molecular complexity index is 561. The summed E-state index contributed by atoms with van der Waals surface area (Å²) in [5.41, 5.74) is 7.40. The summed E-state index contributed by atoms with van der Waals surface area (Å²) in [5.74, 6) is 1.06. The van der Waals surface area contributed by atoms with E-state index < -0.39 is 0 Å². The molecule has 0 aliphatic rings. The third-order valence-electron chi connectivity index (χ3n) is 2.84. The maximum atomic E-state index is 5.64. The molecule has 0 bridgehead atoms. The van der Waals surface area contributed by atoms with E-state index in [4.69, 9.17) is 15.0 Å². The Morgan fingerprint density at radius 2 is 2.00 bits per heavy atom. The lowest BCUT2D eigenvalue weighted by Crippen LogP contribution is -2.04. The maximum absolute atomic E-state index is 5.64. The van der Waals surface area contributed by atoms with Crippen LogP contribution in [0, 0.1) is 0 Å². The number of nitrogen functional groups attached to an aromatic ring is 1. The zero-order chi connectivity index (χ0) is 14.4. The molecule has 0 amide bonds. The van der Waals surface area contributed by atoms with Crippen molar-refractivity contribution in [3.05, 3.63) is 41.5 Å². The molecule has 2 N–H and O–H groups in total. The minimum absolute atomic E-state index is 0.109. The maximum Gasteiger partial charge on any atom is 0.250 e. The summed E-state index contributed by atoms with van der Waals surface area (Å²) >= 11 is 0. The predicted octanol–water partition coefficient (Wildman–Crippen LogP) is 3.31. The molecule has 0 spiro atoms. The molecule has 2 aromatic rings. The molecule has 106 valence electrons. The zero-order valence-electron chi connectivity index (χ0n) is 11.7. The molecule has 0 saturated heterocycles. The normalized spacial score (nSPS) is 12.9. The van der Waals surface area contributed by atoms with Gasteiger partial charge in [0.05, 0.1) is 0 Å². The van der Waals surface area contributed by atoms with Crippen LogP contribution in [0.4, 0.5) is 5.69 Å². The molecule has 1 heterocycles. The molecule has 0 aliphatic carbocycles. The first-order chi connectivity index (χ1) is 9.72. The first-order valence-corrected chi connectivity index (χ1v) is 6.71. The third kappa shape index (κ3) is 3.68. The Labute approximate surface area is 118 Å². The molecule has 0 saturated carbocycles. The van der Waals surface area contributed by atoms with Crippen LogP contribution in [-0.4, -0.2) is 16.7 Å². The lowest BCUT2D eigenvalue weighted by molar-refractivity contribution is 0.0518. The standard InChI is InChI=1S/C15H19N3O2/c1-3-13(19-4-2)15-17-14(20-18-15)10-7-11-5-8-12(16)9-6-11/h5-10,13H,3-4,16H2,1-2H3/b10-7+. The Balaban J connectivity index is 2.07. The smallest absolute Gasteiger partial charge is 0.250 e. The van der Waals surface area contributed by atoms with E-state index >= 15 is 0 Å². The number of hydrogen-bond donors (Lipinski definition) is 1.